The Balaban J connectivity index is 2.12. The molecule has 0 spiro atoms. The van der Waals surface area contributed by atoms with Crippen LogP contribution in [0, 0.1) is 5.41 Å². The molecule has 458 valence electrons. The molecule has 0 aliphatic carbocycles. The van der Waals surface area contributed by atoms with Crippen molar-refractivity contribution in [2.24, 2.45) is 5.41 Å². The minimum Gasteiger partial charge on any atom is -0.460 e. The molecular weight excluding hydrogens is 1020 g/mol. The Bertz CT molecular complexity index is 2020. The zero-order chi connectivity index (χ0) is 60.5. The number of benzene rings is 1. The second-order valence-electron chi connectivity index (χ2n) is 26.7. The number of nitrogens with zero attached hydrogens (tertiary/aromatic N) is 5. The topological polar surface area (TPSA) is 209 Å². The monoisotopic (exact) mass is 1130 g/mol. The molecule has 4 amide bonds. The van der Waals surface area contributed by atoms with Crippen LogP contribution in [0.3, 0.4) is 0 Å². The number of carbonyl (C=O) groups is 7. The number of unbranched alkanes of at least 4 members (excludes halogenated alkanes) is 2. The van der Waals surface area contributed by atoms with Gasteiger partial charge in [0.05, 0.1) is 26.2 Å². The van der Waals surface area contributed by atoms with Crippen molar-refractivity contribution in [1.29, 1.82) is 0 Å². The van der Waals surface area contributed by atoms with Gasteiger partial charge in [0.15, 0.2) is 0 Å². The van der Waals surface area contributed by atoms with Crippen LogP contribution in [0.1, 0.15) is 180 Å². The molecule has 1 saturated heterocycles. The summed E-state index contributed by atoms with van der Waals surface area (Å²) in [4.78, 5) is 102. The number of esters is 4. The Morgan fingerprint density at radius 1 is 0.512 bits per heavy atom. The second kappa shape index (κ2) is 33.9. The molecule has 0 unspecified atom stereocenters. The van der Waals surface area contributed by atoms with Gasteiger partial charge in [0.1, 0.15) is 22.4 Å². The predicted octanol–water partition coefficient (Wildman–Crippen LogP) is 7.51. The minimum atomic E-state index is -0.673. The maximum atomic E-state index is 14.0. The number of aryl methyl sites for hydroxylation is 1. The van der Waals surface area contributed by atoms with E-state index >= 15 is 0 Å². The number of hydrogen-bond donors (Lipinski definition) is 3. The molecule has 1 aromatic carbocycles. The van der Waals surface area contributed by atoms with Gasteiger partial charge in [-0.1, -0.05) is 52.0 Å². The van der Waals surface area contributed by atoms with Crippen molar-refractivity contribution in [3.63, 3.8) is 0 Å². The van der Waals surface area contributed by atoms with Crippen LogP contribution < -0.4 is 16.0 Å². The predicted molar refractivity (Wildman–Crippen MR) is 315 cm³/mol. The van der Waals surface area contributed by atoms with E-state index in [0.717, 1.165) is 31.2 Å². The quantitative estimate of drug-likeness (QED) is 0.0466. The molecule has 2 rings (SSSR count). The van der Waals surface area contributed by atoms with Crippen molar-refractivity contribution in [1.82, 2.24) is 40.4 Å². The van der Waals surface area contributed by atoms with E-state index in [9.17, 15) is 33.6 Å². The summed E-state index contributed by atoms with van der Waals surface area (Å²) >= 11 is 0. The molecule has 3 N–H and O–H groups in total. The lowest BCUT2D eigenvalue weighted by Crippen LogP contribution is -2.50. The first-order valence-corrected chi connectivity index (χ1v) is 29.4. The third-order valence-corrected chi connectivity index (χ3v) is 13.0. The zero-order valence-corrected chi connectivity index (χ0v) is 52.7. The molecule has 0 aromatic heterocycles. The van der Waals surface area contributed by atoms with Crippen LogP contribution in [0.5, 0.6) is 0 Å². The summed E-state index contributed by atoms with van der Waals surface area (Å²) in [5, 5.41) is 9.22. The number of rotatable bonds is 26. The summed E-state index contributed by atoms with van der Waals surface area (Å²) < 4.78 is 22.5. The summed E-state index contributed by atoms with van der Waals surface area (Å²) in [6, 6.07) is 7.74. The molecule has 2 atom stereocenters. The number of carbonyl (C=O) groups excluding carboxylic acids is 7. The van der Waals surface area contributed by atoms with Crippen LogP contribution in [-0.2, 0) is 60.7 Å². The highest BCUT2D eigenvalue weighted by molar-refractivity contribution is 5.78. The molecule has 0 bridgehead atoms. The van der Waals surface area contributed by atoms with Gasteiger partial charge in [-0.15, -0.1) is 0 Å². The van der Waals surface area contributed by atoms with Crippen molar-refractivity contribution in [3.8, 4) is 0 Å². The van der Waals surface area contributed by atoms with Gasteiger partial charge in [0.2, 0.25) is 11.8 Å². The Morgan fingerprint density at radius 2 is 0.925 bits per heavy atom. The van der Waals surface area contributed by atoms with Gasteiger partial charge in [-0.2, -0.15) is 0 Å². The lowest BCUT2D eigenvalue weighted by Gasteiger charge is -2.34. The summed E-state index contributed by atoms with van der Waals surface area (Å²) in [6.45, 7) is 37.3. The number of ether oxygens (including phenoxy) is 4. The van der Waals surface area contributed by atoms with Crippen LogP contribution in [0.2, 0.25) is 0 Å². The van der Waals surface area contributed by atoms with E-state index in [2.05, 4.69) is 67.9 Å². The zero-order valence-electron chi connectivity index (χ0n) is 52.7. The van der Waals surface area contributed by atoms with Gasteiger partial charge >= 0.3 is 29.9 Å². The van der Waals surface area contributed by atoms with Gasteiger partial charge in [-0.05, 0) is 151 Å². The molecule has 19 heteroatoms. The first-order chi connectivity index (χ1) is 37.0. The Kier molecular flexibility index (Phi) is 30.2. The molecule has 0 radical (unpaired) electrons. The summed E-state index contributed by atoms with van der Waals surface area (Å²) in [5.74, 6) is -1.53. The van der Waals surface area contributed by atoms with E-state index < -0.39 is 22.4 Å². The smallest absolute Gasteiger partial charge is 0.320 e. The van der Waals surface area contributed by atoms with Crippen molar-refractivity contribution < 1.29 is 52.5 Å². The van der Waals surface area contributed by atoms with Gasteiger partial charge in [-0.25, -0.2) is 4.79 Å². The Labute approximate surface area is 482 Å². The minimum absolute atomic E-state index is 0.0280. The van der Waals surface area contributed by atoms with Crippen molar-refractivity contribution >= 4 is 41.7 Å². The standard InChI is InChI=1S/C61H108N8O11/c1-18-47-26-28-48(29-27-47)41-69(32-22-20-23-49(57(3,4)5)64-56(76)63-46(2)25-30-52(72)77-58(6,7)8)51(71)24-19-21-31-62-50(70)42-65-33-35-66(43-53(73)78-59(9,10)11)37-39-68(45-55(75)80-61(15,16)17)40-38-67(36-34-65)44-54(74)79-60(12,13)14/h26-29,46,49H,18-25,30-45H2,1-17H3,(H,62,70)(H2,63,64,76)/t46-,49+/m1/s1. The first kappa shape index (κ1) is 71.3. The molecule has 1 aliphatic rings. The molecule has 80 heavy (non-hydrogen) atoms. The lowest BCUT2D eigenvalue weighted by atomic mass is 9.83. The van der Waals surface area contributed by atoms with Crippen LogP contribution >= 0.6 is 0 Å². The fourth-order valence-electron chi connectivity index (χ4n) is 8.91. The van der Waals surface area contributed by atoms with Crippen LogP contribution in [0.25, 0.3) is 0 Å². The van der Waals surface area contributed by atoms with Gasteiger partial charge < -0.3 is 39.8 Å². The summed E-state index contributed by atoms with van der Waals surface area (Å²) in [6.07, 6.45) is 5.36. The van der Waals surface area contributed by atoms with Crippen LogP contribution in [-0.4, -0.2) is 192 Å². The molecular formula is C61H108N8O11. The third-order valence-electron chi connectivity index (χ3n) is 13.0. The fourth-order valence-corrected chi connectivity index (χ4v) is 8.91. The third kappa shape index (κ3) is 34.4. The van der Waals surface area contributed by atoms with Crippen molar-refractivity contribution in [2.45, 2.75) is 217 Å². The second-order valence-corrected chi connectivity index (χ2v) is 26.7. The average molecular weight is 1130 g/mol. The van der Waals surface area contributed by atoms with Gasteiger partial charge in [0.25, 0.3) is 0 Å². The SMILES string of the molecule is CCc1ccc(CN(CCCC[C@H](NC(=O)N[C@H](C)CCC(=O)OC(C)(C)C)C(C)(C)C)C(=O)CCCCNC(=O)CN2CCN(CC(=O)OC(C)(C)C)CCN(CC(=O)OC(C)(C)C)CCN(CC(=O)OC(C)(C)C)CC2)cc1. The van der Waals surface area contributed by atoms with Gasteiger partial charge in [-0.3, -0.25) is 48.4 Å². The fraction of sp³-hybridized carbons (Fsp3) is 0.787. The highest BCUT2D eigenvalue weighted by atomic mass is 16.6. The van der Waals surface area contributed by atoms with E-state index in [1.807, 2.05) is 115 Å². The average Bonchev–Trinajstić information content (AvgIpc) is 3.29. The molecule has 1 fully saturated rings. The lowest BCUT2D eigenvalue weighted by molar-refractivity contribution is -0.158. The normalized spacial score (nSPS) is 16.0. The molecule has 1 heterocycles. The molecule has 0 saturated carbocycles. The Hall–Kier alpha value is -4.85. The Morgan fingerprint density at radius 3 is 1.34 bits per heavy atom. The van der Waals surface area contributed by atoms with E-state index in [-0.39, 0.29) is 91.8 Å². The van der Waals surface area contributed by atoms with Gasteiger partial charge in [0, 0.05) is 96.9 Å². The number of nitrogens with one attached hydrogen (secondary N) is 3. The van der Waals surface area contributed by atoms with Crippen molar-refractivity contribution in [3.05, 3.63) is 35.4 Å². The molecule has 19 nitrogen and oxygen atoms in total. The number of amides is 4. The largest absolute Gasteiger partial charge is 0.460 e. The molecule has 1 aliphatic heterocycles. The number of hydrogen-bond acceptors (Lipinski definition) is 15. The van der Waals surface area contributed by atoms with E-state index in [1.54, 1.807) is 0 Å². The van der Waals surface area contributed by atoms with E-state index in [0.29, 0.717) is 97.7 Å². The summed E-state index contributed by atoms with van der Waals surface area (Å²) in [7, 11) is 0. The highest BCUT2D eigenvalue weighted by Crippen LogP contribution is 2.24. The van der Waals surface area contributed by atoms with E-state index in [1.165, 1.54) is 5.56 Å². The maximum absolute atomic E-state index is 14.0. The number of urea groups is 1. The first-order valence-electron chi connectivity index (χ1n) is 29.4. The maximum Gasteiger partial charge on any atom is 0.320 e. The highest BCUT2D eigenvalue weighted by Gasteiger charge is 2.29. The molecule has 1 aromatic rings. The summed E-state index contributed by atoms with van der Waals surface area (Å²) in [5.41, 5.74) is -0.516. The van der Waals surface area contributed by atoms with Crippen LogP contribution in [0.4, 0.5) is 4.79 Å². The van der Waals surface area contributed by atoms with E-state index in [4.69, 9.17) is 18.9 Å². The van der Waals surface area contributed by atoms with Crippen molar-refractivity contribution in [2.75, 3.05) is 91.6 Å². The van der Waals surface area contributed by atoms with Crippen LogP contribution in [0.15, 0.2) is 24.3 Å².